The molecule has 2 rings (SSSR count). The molecule has 0 saturated heterocycles. The lowest BCUT2D eigenvalue weighted by Gasteiger charge is -2.05. The Morgan fingerprint density at radius 1 is 1.32 bits per heavy atom. The van der Waals surface area contributed by atoms with E-state index in [2.05, 4.69) is 20.3 Å². The summed E-state index contributed by atoms with van der Waals surface area (Å²) in [7, 11) is 1.35. The van der Waals surface area contributed by atoms with Crippen molar-refractivity contribution in [3.63, 3.8) is 0 Å². The van der Waals surface area contributed by atoms with Gasteiger partial charge in [0.05, 0.1) is 25.3 Å². The maximum atomic E-state index is 11.7. The zero-order valence-electron chi connectivity index (χ0n) is 10.3. The van der Waals surface area contributed by atoms with Crippen LogP contribution in [0.3, 0.4) is 0 Å². The Kier molecular flexibility index (Phi) is 3.92. The Bertz CT molecular complexity index is 561. The van der Waals surface area contributed by atoms with E-state index in [0.29, 0.717) is 11.3 Å². The van der Waals surface area contributed by atoms with Crippen molar-refractivity contribution >= 4 is 17.6 Å². The van der Waals surface area contributed by atoms with Crippen molar-refractivity contribution in [2.75, 3.05) is 12.4 Å². The van der Waals surface area contributed by atoms with Gasteiger partial charge in [0, 0.05) is 11.9 Å². The van der Waals surface area contributed by atoms with Crippen LogP contribution in [0.2, 0.25) is 0 Å². The smallest absolute Gasteiger partial charge is 0.309 e. The average Bonchev–Trinajstić information content (AvgIpc) is 2.95. The largest absolute Gasteiger partial charge is 0.469 e. The summed E-state index contributed by atoms with van der Waals surface area (Å²) in [4.78, 5) is 22.8. The zero-order valence-corrected chi connectivity index (χ0v) is 10.3. The van der Waals surface area contributed by atoms with E-state index in [-0.39, 0.29) is 18.3 Å². The van der Waals surface area contributed by atoms with E-state index in [1.165, 1.54) is 19.5 Å². The van der Waals surface area contributed by atoms with Crippen molar-refractivity contribution in [1.29, 1.82) is 0 Å². The number of benzene rings is 1. The molecule has 0 unspecified atom stereocenters. The van der Waals surface area contributed by atoms with Crippen LogP contribution in [0.25, 0.3) is 0 Å². The fourth-order valence-electron chi connectivity index (χ4n) is 1.52. The summed E-state index contributed by atoms with van der Waals surface area (Å²) in [5.74, 6) is -0.537. The third-order valence-electron chi connectivity index (χ3n) is 2.55. The number of nitrogens with one attached hydrogen (secondary N) is 2. The van der Waals surface area contributed by atoms with Crippen molar-refractivity contribution in [3.8, 4) is 0 Å². The molecular weight excluding hydrogens is 246 g/mol. The summed E-state index contributed by atoms with van der Waals surface area (Å²) < 4.78 is 4.58. The van der Waals surface area contributed by atoms with Gasteiger partial charge in [-0.05, 0) is 17.7 Å². The molecule has 1 aromatic heterocycles. The van der Waals surface area contributed by atoms with Crippen LogP contribution in [-0.2, 0) is 16.0 Å². The molecule has 0 fully saturated rings. The van der Waals surface area contributed by atoms with E-state index in [1.54, 1.807) is 24.3 Å². The summed E-state index contributed by atoms with van der Waals surface area (Å²) >= 11 is 0. The predicted octanol–water partition coefficient (Wildman–Crippen LogP) is 1.38. The number of H-pyrrole nitrogens is 1. The normalized spacial score (nSPS) is 9.95. The van der Waals surface area contributed by atoms with Gasteiger partial charge in [0.2, 0.25) is 0 Å². The number of methoxy groups -OCH3 is 1. The molecule has 6 heteroatoms. The summed E-state index contributed by atoms with van der Waals surface area (Å²) in [6.45, 7) is 0. The van der Waals surface area contributed by atoms with Crippen LogP contribution in [0.4, 0.5) is 5.69 Å². The van der Waals surface area contributed by atoms with Gasteiger partial charge in [-0.1, -0.05) is 12.1 Å². The highest BCUT2D eigenvalue weighted by molar-refractivity contribution is 6.03. The first-order valence-electron chi connectivity index (χ1n) is 5.65. The predicted molar refractivity (Wildman–Crippen MR) is 68.7 cm³/mol. The number of aromatic amines is 1. The van der Waals surface area contributed by atoms with Crippen LogP contribution in [-0.4, -0.2) is 29.2 Å². The van der Waals surface area contributed by atoms with Crippen LogP contribution in [0.5, 0.6) is 0 Å². The van der Waals surface area contributed by atoms with Gasteiger partial charge in [-0.25, -0.2) is 0 Å². The minimum atomic E-state index is -0.296. The fourth-order valence-corrected chi connectivity index (χ4v) is 1.52. The number of rotatable bonds is 4. The molecule has 2 aromatic rings. The minimum Gasteiger partial charge on any atom is -0.469 e. The highest BCUT2D eigenvalue weighted by atomic mass is 16.5. The first kappa shape index (κ1) is 12.8. The van der Waals surface area contributed by atoms with Crippen LogP contribution in [0.15, 0.2) is 36.7 Å². The highest BCUT2D eigenvalue weighted by Crippen LogP contribution is 2.11. The molecule has 1 amide bonds. The number of carbonyl (C=O) groups is 2. The first-order chi connectivity index (χ1) is 9.19. The molecule has 0 saturated carbocycles. The van der Waals surface area contributed by atoms with Gasteiger partial charge in [-0.3, -0.25) is 14.7 Å². The Morgan fingerprint density at radius 3 is 2.63 bits per heavy atom. The minimum absolute atomic E-state index is 0.215. The van der Waals surface area contributed by atoms with Crippen molar-refractivity contribution in [2.24, 2.45) is 0 Å². The number of anilines is 1. The van der Waals surface area contributed by atoms with E-state index in [0.717, 1.165) is 5.56 Å². The molecule has 0 bridgehead atoms. The second-order valence-corrected chi connectivity index (χ2v) is 3.89. The molecule has 1 heterocycles. The molecule has 1 aromatic carbocycles. The van der Waals surface area contributed by atoms with E-state index >= 15 is 0 Å². The number of hydrogen-bond donors (Lipinski definition) is 2. The lowest BCUT2D eigenvalue weighted by molar-refractivity contribution is -0.139. The third kappa shape index (κ3) is 3.41. The maximum absolute atomic E-state index is 11.7. The number of hydrogen-bond acceptors (Lipinski definition) is 4. The van der Waals surface area contributed by atoms with E-state index < -0.39 is 0 Å². The Balaban J connectivity index is 1.99. The van der Waals surface area contributed by atoms with E-state index in [9.17, 15) is 9.59 Å². The fraction of sp³-hybridized carbons (Fsp3) is 0.154. The molecule has 98 valence electrons. The number of nitrogens with zero attached hydrogens (tertiary/aromatic N) is 1. The Hall–Kier alpha value is -2.63. The molecule has 2 N–H and O–H groups in total. The topological polar surface area (TPSA) is 84.1 Å². The van der Waals surface area contributed by atoms with Crippen LogP contribution in [0, 0.1) is 0 Å². The molecule has 19 heavy (non-hydrogen) atoms. The average molecular weight is 259 g/mol. The standard InChI is InChI=1S/C13H13N3O3/c1-19-12(17)6-9-2-4-11(5-3-9)16-13(18)10-7-14-15-8-10/h2-5,7-8H,6H2,1H3,(H,14,15)(H,16,18). The zero-order chi connectivity index (χ0) is 13.7. The number of ether oxygens (including phenoxy) is 1. The molecule has 0 aliphatic carbocycles. The SMILES string of the molecule is COC(=O)Cc1ccc(NC(=O)c2cn[nH]c2)cc1. The van der Waals surface area contributed by atoms with Gasteiger partial charge in [0.1, 0.15) is 0 Å². The number of esters is 1. The Labute approximate surface area is 109 Å². The van der Waals surface area contributed by atoms with Crippen LogP contribution in [0.1, 0.15) is 15.9 Å². The van der Waals surface area contributed by atoms with Gasteiger partial charge < -0.3 is 10.1 Å². The summed E-state index contributed by atoms with van der Waals surface area (Å²) in [5, 5.41) is 9.00. The summed E-state index contributed by atoms with van der Waals surface area (Å²) in [5.41, 5.74) is 1.94. The van der Waals surface area contributed by atoms with E-state index in [1.807, 2.05) is 0 Å². The number of carbonyl (C=O) groups excluding carboxylic acids is 2. The van der Waals surface area contributed by atoms with Crippen molar-refractivity contribution in [3.05, 3.63) is 47.8 Å². The lowest BCUT2D eigenvalue weighted by atomic mass is 10.1. The molecule has 0 aliphatic heterocycles. The monoisotopic (exact) mass is 259 g/mol. The molecule has 0 spiro atoms. The van der Waals surface area contributed by atoms with Gasteiger partial charge in [0.15, 0.2) is 0 Å². The molecule has 0 aliphatic rings. The van der Waals surface area contributed by atoms with Gasteiger partial charge >= 0.3 is 5.97 Å². The summed E-state index contributed by atoms with van der Waals surface area (Å²) in [6, 6.07) is 7.00. The second kappa shape index (κ2) is 5.81. The molecular formula is C13H13N3O3. The second-order valence-electron chi connectivity index (χ2n) is 3.89. The van der Waals surface area contributed by atoms with Gasteiger partial charge in [-0.2, -0.15) is 5.10 Å². The molecule has 0 atom stereocenters. The van der Waals surface area contributed by atoms with Crippen molar-refractivity contribution in [1.82, 2.24) is 10.2 Å². The Morgan fingerprint density at radius 2 is 2.05 bits per heavy atom. The first-order valence-corrected chi connectivity index (χ1v) is 5.65. The summed E-state index contributed by atoms with van der Waals surface area (Å²) in [6.07, 6.45) is 3.17. The third-order valence-corrected chi connectivity index (χ3v) is 2.55. The van der Waals surface area contributed by atoms with Crippen LogP contribution < -0.4 is 5.32 Å². The van der Waals surface area contributed by atoms with Crippen LogP contribution >= 0.6 is 0 Å². The quantitative estimate of drug-likeness (QED) is 0.812. The van der Waals surface area contributed by atoms with Crippen molar-refractivity contribution in [2.45, 2.75) is 6.42 Å². The number of amides is 1. The van der Waals surface area contributed by atoms with E-state index in [4.69, 9.17) is 0 Å². The van der Waals surface area contributed by atoms with Gasteiger partial charge in [0.25, 0.3) is 5.91 Å². The highest BCUT2D eigenvalue weighted by Gasteiger charge is 2.07. The maximum Gasteiger partial charge on any atom is 0.309 e. The van der Waals surface area contributed by atoms with Gasteiger partial charge in [-0.15, -0.1) is 0 Å². The van der Waals surface area contributed by atoms with Crippen molar-refractivity contribution < 1.29 is 14.3 Å². The lowest BCUT2D eigenvalue weighted by Crippen LogP contribution is -2.11. The molecule has 6 nitrogen and oxygen atoms in total. The molecule has 0 radical (unpaired) electrons. The number of aromatic nitrogens is 2.